The predicted octanol–water partition coefficient (Wildman–Crippen LogP) is 2.46. The van der Waals surface area contributed by atoms with Crippen LogP contribution in [0.4, 0.5) is 5.69 Å². The van der Waals surface area contributed by atoms with Gasteiger partial charge in [0.05, 0.1) is 25.7 Å². The number of nitrogens with one attached hydrogen (secondary N) is 1. The third-order valence-corrected chi connectivity index (χ3v) is 6.20. The average Bonchev–Trinajstić information content (AvgIpc) is 2.72. The molecule has 1 amide bonds. The van der Waals surface area contributed by atoms with E-state index in [1.165, 1.54) is 11.4 Å². The number of carbonyl (C=O) groups is 1. The first-order chi connectivity index (χ1) is 13.3. The van der Waals surface area contributed by atoms with Crippen molar-refractivity contribution in [1.82, 2.24) is 5.32 Å². The van der Waals surface area contributed by atoms with E-state index in [1.54, 1.807) is 45.4 Å². The summed E-state index contributed by atoms with van der Waals surface area (Å²) in [5, 5.41) is 2.86. The van der Waals surface area contributed by atoms with Crippen LogP contribution in [0.3, 0.4) is 0 Å². The number of hydrogen-bond donors (Lipinski definition) is 1. The van der Waals surface area contributed by atoms with Crippen LogP contribution >= 0.6 is 0 Å². The summed E-state index contributed by atoms with van der Waals surface area (Å²) in [7, 11) is 1.33. The highest BCUT2D eigenvalue weighted by Crippen LogP contribution is 2.27. The van der Waals surface area contributed by atoms with Gasteiger partial charge in [0.15, 0.2) is 11.5 Å². The molecule has 0 unspecified atom stereocenters. The molecule has 0 aromatic heterocycles. The summed E-state index contributed by atoms with van der Waals surface area (Å²) in [6.45, 7) is 2.05. The van der Waals surface area contributed by atoms with E-state index in [0.29, 0.717) is 35.7 Å². The minimum absolute atomic E-state index is 0.0158. The van der Waals surface area contributed by atoms with Crippen LogP contribution in [0.25, 0.3) is 0 Å². The molecular weight excluding hydrogens is 380 g/mol. The summed E-state index contributed by atoms with van der Waals surface area (Å²) in [5.41, 5.74) is 2.00. The molecule has 2 aromatic rings. The van der Waals surface area contributed by atoms with Gasteiger partial charge in [0, 0.05) is 19.2 Å². The molecule has 7 nitrogen and oxygen atoms in total. The third kappa shape index (κ3) is 5.16. The fourth-order valence-electron chi connectivity index (χ4n) is 2.64. The van der Waals surface area contributed by atoms with Crippen molar-refractivity contribution in [3.63, 3.8) is 0 Å². The van der Waals surface area contributed by atoms with Gasteiger partial charge in [0.1, 0.15) is 0 Å². The lowest BCUT2D eigenvalue weighted by atomic mass is 10.1. The van der Waals surface area contributed by atoms with Crippen molar-refractivity contribution in [2.75, 3.05) is 37.9 Å². The first-order valence-electron chi connectivity index (χ1n) is 8.88. The van der Waals surface area contributed by atoms with E-state index in [4.69, 9.17) is 9.47 Å². The predicted molar refractivity (Wildman–Crippen MR) is 110 cm³/mol. The summed E-state index contributed by atoms with van der Waals surface area (Å²) in [6, 6.07) is 12.1. The van der Waals surface area contributed by atoms with Crippen LogP contribution in [0.15, 0.2) is 42.5 Å². The van der Waals surface area contributed by atoms with Gasteiger partial charge in [0.2, 0.25) is 10.0 Å². The number of rotatable bonds is 9. The molecule has 28 heavy (non-hydrogen) atoms. The van der Waals surface area contributed by atoms with Crippen LogP contribution in [0, 0.1) is 0 Å². The molecule has 0 aliphatic rings. The molecule has 1 N–H and O–H groups in total. The van der Waals surface area contributed by atoms with E-state index in [1.807, 2.05) is 18.2 Å². The maximum atomic E-state index is 12.3. The number of ether oxygens (including phenoxy) is 2. The van der Waals surface area contributed by atoms with Crippen molar-refractivity contribution in [2.45, 2.75) is 13.3 Å². The Hall–Kier alpha value is -2.74. The molecule has 0 saturated carbocycles. The molecule has 0 heterocycles. The number of sulfonamides is 1. The fraction of sp³-hybridized carbons (Fsp3) is 0.350. The molecule has 0 fully saturated rings. The van der Waals surface area contributed by atoms with Crippen molar-refractivity contribution >= 4 is 21.6 Å². The van der Waals surface area contributed by atoms with Gasteiger partial charge >= 0.3 is 0 Å². The molecule has 2 aromatic carbocycles. The Morgan fingerprint density at radius 1 is 1.04 bits per heavy atom. The summed E-state index contributed by atoms with van der Waals surface area (Å²) in [6.07, 6.45) is 0.641. The molecule has 0 aliphatic heterocycles. The van der Waals surface area contributed by atoms with Crippen LogP contribution in [-0.2, 0) is 16.4 Å². The number of anilines is 1. The maximum Gasteiger partial charge on any atom is 0.251 e. The molecule has 0 aliphatic carbocycles. The zero-order valence-corrected chi connectivity index (χ0v) is 17.4. The zero-order chi connectivity index (χ0) is 20.7. The van der Waals surface area contributed by atoms with Crippen LogP contribution in [0.2, 0.25) is 0 Å². The highest BCUT2D eigenvalue weighted by Gasteiger charge is 2.16. The van der Waals surface area contributed by atoms with Crippen molar-refractivity contribution in [3.05, 3.63) is 53.6 Å². The first-order valence-corrected chi connectivity index (χ1v) is 10.5. The number of nitrogens with zero attached hydrogens (tertiary/aromatic N) is 1. The molecule has 0 saturated heterocycles. The van der Waals surface area contributed by atoms with Gasteiger partial charge < -0.3 is 14.8 Å². The van der Waals surface area contributed by atoms with Crippen LogP contribution in [0.5, 0.6) is 11.5 Å². The van der Waals surface area contributed by atoms with Gasteiger partial charge in [-0.3, -0.25) is 9.10 Å². The second kappa shape index (κ2) is 9.45. The molecule has 0 atom stereocenters. The molecule has 2 rings (SSSR count). The van der Waals surface area contributed by atoms with Crippen molar-refractivity contribution in [3.8, 4) is 11.5 Å². The fourth-order valence-corrected chi connectivity index (χ4v) is 3.47. The lowest BCUT2D eigenvalue weighted by Crippen LogP contribution is -2.28. The van der Waals surface area contributed by atoms with E-state index >= 15 is 0 Å². The van der Waals surface area contributed by atoms with Crippen LogP contribution < -0.4 is 19.1 Å². The number of amides is 1. The Morgan fingerprint density at radius 3 is 2.25 bits per heavy atom. The van der Waals surface area contributed by atoms with Crippen LogP contribution in [-0.4, -0.2) is 47.9 Å². The molecule has 8 heteroatoms. The Labute approximate surface area is 166 Å². The van der Waals surface area contributed by atoms with Crippen molar-refractivity contribution < 1.29 is 22.7 Å². The molecule has 0 bridgehead atoms. The van der Waals surface area contributed by atoms with E-state index in [0.717, 1.165) is 5.56 Å². The number of methoxy groups -OCH3 is 2. The van der Waals surface area contributed by atoms with Gasteiger partial charge in [-0.25, -0.2) is 8.42 Å². The lowest BCUT2D eigenvalue weighted by molar-refractivity contribution is 0.0954. The normalized spacial score (nSPS) is 11.0. The molecule has 0 spiro atoms. The third-order valence-electron chi connectivity index (χ3n) is 4.42. The lowest BCUT2D eigenvalue weighted by Gasteiger charge is -2.18. The van der Waals surface area contributed by atoms with E-state index in [-0.39, 0.29) is 11.7 Å². The van der Waals surface area contributed by atoms with Gasteiger partial charge in [-0.1, -0.05) is 6.07 Å². The quantitative estimate of drug-likeness (QED) is 0.691. The summed E-state index contributed by atoms with van der Waals surface area (Å²) in [4.78, 5) is 12.3. The Bertz CT molecular complexity index is 911. The van der Waals surface area contributed by atoms with Gasteiger partial charge in [-0.05, 0) is 55.3 Å². The highest BCUT2D eigenvalue weighted by molar-refractivity contribution is 7.92. The maximum absolute atomic E-state index is 12.3. The summed E-state index contributed by atoms with van der Waals surface area (Å²) < 4.78 is 35.5. The Morgan fingerprint density at radius 2 is 1.68 bits per heavy atom. The standard InChI is InChI=1S/C20H26N2O5S/c1-5-28(24,25)22(2)17-9-7-16(8-10-17)20(23)21-13-12-15-6-11-18(26-3)19(14-15)27-4/h6-11,14H,5,12-13H2,1-4H3,(H,21,23). The number of benzene rings is 2. The second-order valence-corrected chi connectivity index (χ2v) is 8.40. The number of hydrogen-bond acceptors (Lipinski definition) is 5. The molecule has 0 radical (unpaired) electrons. The van der Waals surface area contributed by atoms with Gasteiger partial charge in [-0.15, -0.1) is 0 Å². The highest BCUT2D eigenvalue weighted by atomic mass is 32.2. The van der Waals surface area contributed by atoms with E-state index in [2.05, 4.69) is 5.32 Å². The topological polar surface area (TPSA) is 84.9 Å². The average molecular weight is 407 g/mol. The number of carbonyl (C=O) groups excluding carboxylic acids is 1. The Balaban J connectivity index is 1.95. The largest absolute Gasteiger partial charge is 0.493 e. The SMILES string of the molecule is CCS(=O)(=O)N(C)c1ccc(C(=O)NCCc2ccc(OC)c(OC)c2)cc1. The zero-order valence-electron chi connectivity index (χ0n) is 16.6. The van der Waals surface area contributed by atoms with Crippen molar-refractivity contribution in [2.24, 2.45) is 0 Å². The minimum Gasteiger partial charge on any atom is -0.493 e. The van der Waals surface area contributed by atoms with Crippen LogP contribution in [0.1, 0.15) is 22.8 Å². The van der Waals surface area contributed by atoms with Gasteiger partial charge in [-0.2, -0.15) is 0 Å². The first kappa shape index (κ1) is 21.6. The van der Waals surface area contributed by atoms with E-state index < -0.39 is 10.0 Å². The Kier molecular flexibility index (Phi) is 7.28. The van der Waals surface area contributed by atoms with Gasteiger partial charge in [0.25, 0.3) is 5.91 Å². The monoisotopic (exact) mass is 406 g/mol. The summed E-state index contributed by atoms with van der Waals surface area (Å²) >= 11 is 0. The summed E-state index contributed by atoms with van der Waals surface area (Å²) in [5.74, 6) is 1.11. The van der Waals surface area contributed by atoms with Crippen molar-refractivity contribution in [1.29, 1.82) is 0 Å². The molecule has 152 valence electrons. The minimum atomic E-state index is -3.33. The second-order valence-electron chi connectivity index (χ2n) is 6.11. The smallest absolute Gasteiger partial charge is 0.251 e. The van der Waals surface area contributed by atoms with E-state index in [9.17, 15) is 13.2 Å². The molecular formula is C20H26N2O5S.